The van der Waals surface area contributed by atoms with Crippen molar-refractivity contribution < 1.29 is 13.9 Å². The van der Waals surface area contributed by atoms with E-state index in [0.29, 0.717) is 16.5 Å². The molecule has 1 N–H and O–H groups in total. The predicted octanol–water partition coefficient (Wildman–Crippen LogP) is 4.85. The van der Waals surface area contributed by atoms with Crippen LogP contribution in [0.25, 0.3) is 22.2 Å². The van der Waals surface area contributed by atoms with Gasteiger partial charge in [0.1, 0.15) is 11.3 Å². The number of allylic oxidation sites excluding steroid dienone is 1. The lowest BCUT2D eigenvalue weighted by molar-refractivity contribution is -0.118. The van der Waals surface area contributed by atoms with Crippen molar-refractivity contribution >= 4 is 33.3 Å². The van der Waals surface area contributed by atoms with E-state index in [0.717, 1.165) is 40.1 Å². The Bertz CT molecular complexity index is 1380. The maximum atomic E-state index is 12.4. The van der Waals surface area contributed by atoms with Crippen molar-refractivity contribution in [3.63, 3.8) is 0 Å². The van der Waals surface area contributed by atoms with Gasteiger partial charge in [-0.3, -0.25) is 10.1 Å². The minimum atomic E-state index is -0.422. The highest BCUT2D eigenvalue weighted by molar-refractivity contribution is 7.14. The summed E-state index contributed by atoms with van der Waals surface area (Å²) < 4.78 is 13.0. The molecule has 0 saturated heterocycles. The summed E-state index contributed by atoms with van der Waals surface area (Å²) in [6, 6.07) is 8.68. The van der Waals surface area contributed by atoms with E-state index in [9.17, 15) is 9.59 Å². The number of fused-ring (bicyclic) bond motifs is 1. The molecule has 0 fully saturated rings. The summed E-state index contributed by atoms with van der Waals surface area (Å²) >= 11 is 1.36. The summed E-state index contributed by atoms with van der Waals surface area (Å²) in [6.07, 6.45) is 1.86. The van der Waals surface area contributed by atoms with Crippen molar-refractivity contribution in [2.75, 3.05) is 11.9 Å². The number of hydrogen-bond acceptors (Lipinski definition) is 6. The number of aryl methyl sites for hydroxylation is 2. The second-order valence-corrected chi connectivity index (χ2v) is 8.32. The third-order valence-corrected chi connectivity index (χ3v) is 5.96. The lowest BCUT2D eigenvalue weighted by Crippen LogP contribution is -2.20. The van der Waals surface area contributed by atoms with Crippen LogP contribution in [0.5, 0.6) is 5.75 Å². The molecule has 32 heavy (non-hydrogen) atoms. The van der Waals surface area contributed by atoms with E-state index >= 15 is 0 Å². The van der Waals surface area contributed by atoms with Crippen molar-refractivity contribution in [2.24, 2.45) is 0 Å². The summed E-state index contributed by atoms with van der Waals surface area (Å²) in [6.45, 7) is 10.3. The molecule has 0 atom stereocenters. The molecule has 3 aromatic heterocycles. The van der Waals surface area contributed by atoms with Gasteiger partial charge < -0.3 is 13.7 Å². The molecule has 4 aromatic rings. The molecule has 4 rings (SSSR count). The standard InChI is InChI=1S/C24H23N3O4S/c1-5-8-27-15(3)10-19(16(27)4)20-13-32-24(25-20)26-22(28)12-30-17-6-7-18-14(2)9-23(29)31-21(18)11-17/h5-7,9-11,13H,1,8,12H2,2-4H3,(H,25,26,28). The Labute approximate surface area is 189 Å². The second kappa shape index (κ2) is 8.84. The van der Waals surface area contributed by atoms with E-state index in [4.69, 9.17) is 9.15 Å². The SMILES string of the molecule is C=CCn1c(C)cc(-c2csc(NC(=O)COc3ccc4c(C)cc(=O)oc4c3)n2)c1C. The van der Waals surface area contributed by atoms with Gasteiger partial charge in [0.15, 0.2) is 11.7 Å². The smallest absolute Gasteiger partial charge is 0.336 e. The number of rotatable bonds is 7. The first-order valence-corrected chi connectivity index (χ1v) is 10.9. The molecule has 0 bridgehead atoms. The van der Waals surface area contributed by atoms with Crippen LogP contribution in [0.1, 0.15) is 17.0 Å². The lowest BCUT2D eigenvalue weighted by atomic mass is 10.1. The summed E-state index contributed by atoms with van der Waals surface area (Å²) in [5.41, 5.74) is 4.91. The van der Waals surface area contributed by atoms with Crippen molar-refractivity contribution in [1.82, 2.24) is 9.55 Å². The number of nitrogens with one attached hydrogen (secondary N) is 1. The fourth-order valence-corrected chi connectivity index (χ4v) is 4.35. The van der Waals surface area contributed by atoms with E-state index in [2.05, 4.69) is 27.5 Å². The van der Waals surface area contributed by atoms with Gasteiger partial charge in [0.05, 0.1) is 5.69 Å². The number of carbonyl (C=O) groups is 1. The van der Waals surface area contributed by atoms with Gasteiger partial charge in [-0.05, 0) is 44.5 Å². The molecule has 0 saturated carbocycles. The topological polar surface area (TPSA) is 86.4 Å². The zero-order valence-electron chi connectivity index (χ0n) is 18.1. The van der Waals surface area contributed by atoms with Crippen molar-refractivity contribution in [3.8, 4) is 17.0 Å². The Morgan fingerprint density at radius 2 is 2.09 bits per heavy atom. The van der Waals surface area contributed by atoms with E-state index in [-0.39, 0.29) is 12.5 Å². The molecule has 0 unspecified atom stereocenters. The molecular weight excluding hydrogens is 426 g/mol. The van der Waals surface area contributed by atoms with Gasteiger partial charge in [0.2, 0.25) is 0 Å². The van der Waals surface area contributed by atoms with Crippen LogP contribution in [0, 0.1) is 20.8 Å². The van der Waals surface area contributed by atoms with Gasteiger partial charge in [-0.1, -0.05) is 6.08 Å². The number of ether oxygens (including phenoxy) is 1. The van der Waals surface area contributed by atoms with Gasteiger partial charge in [0.25, 0.3) is 5.91 Å². The van der Waals surface area contributed by atoms with Gasteiger partial charge in [-0.25, -0.2) is 9.78 Å². The molecule has 0 aliphatic rings. The Hall–Kier alpha value is -3.65. The molecule has 0 spiro atoms. The Kier molecular flexibility index (Phi) is 5.96. The summed E-state index contributed by atoms with van der Waals surface area (Å²) in [4.78, 5) is 28.5. The van der Waals surface area contributed by atoms with E-state index in [1.165, 1.54) is 17.4 Å². The van der Waals surface area contributed by atoms with Gasteiger partial charge in [0, 0.05) is 46.4 Å². The van der Waals surface area contributed by atoms with Gasteiger partial charge in [-0.2, -0.15) is 0 Å². The number of amides is 1. The molecule has 3 heterocycles. The zero-order chi connectivity index (χ0) is 22.8. The van der Waals surface area contributed by atoms with Crippen molar-refractivity contribution in [1.29, 1.82) is 0 Å². The number of hydrogen-bond donors (Lipinski definition) is 1. The highest BCUT2D eigenvalue weighted by Gasteiger charge is 2.14. The van der Waals surface area contributed by atoms with Crippen LogP contribution < -0.4 is 15.7 Å². The molecule has 8 heteroatoms. The first-order valence-electron chi connectivity index (χ1n) is 10.1. The van der Waals surface area contributed by atoms with E-state index in [1.54, 1.807) is 18.2 Å². The molecule has 1 amide bonds. The molecule has 7 nitrogen and oxygen atoms in total. The van der Waals surface area contributed by atoms with E-state index < -0.39 is 5.63 Å². The number of nitrogens with zero attached hydrogens (tertiary/aromatic N) is 2. The van der Waals surface area contributed by atoms with Crippen LogP contribution in [0.4, 0.5) is 5.13 Å². The molecule has 0 aliphatic heterocycles. The first-order chi connectivity index (χ1) is 15.4. The number of anilines is 1. The average molecular weight is 450 g/mol. The Morgan fingerprint density at radius 3 is 2.88 bits per heavy atom. The highest BCUT2D eigenvalue weighted by atomic mass is 32.1. The quantitative estimate of drug-likeness (QED) is 0.322. The lowest BCUT2D eigenvalue weighted by Gasteiger charge is -2.07. The van der Waals surface area contributed by atoms with Crippen LogP contribution in [-0.4, -0.2) is 22.1 Å². The normalized spacial score (nSPS) is 11.0. The first kappa shape index (κ1) is 21.6. The van der Waals surface area contributed by atoms with Crippen LogP contribution >= 0.6 is 11.3 Å². The third kappa shape index (κ3) is 4.36. The molecule has 0 aliphatic carbocycles. The van der Waals surface area contributed by atoms with Crippen LogP contribution in [0.3, 0.4) is 0 Å². The molecule has 0 radical (unpaired) electrons. The molecule has 164 valence electrons. The summed E-state index contributed by atoms with van der Waals surface area (Å²) in [7, 11) is 0. The largest absolute Gasteiger partial charge is 0.484 e. The number of benzene rings is 1. The monoisotopic (exact) mass is 449 g/mol. The predicted molar refractivity (Wildman–Crippen MR) is 127 cm³/mol. The fraction of sp³-hybridized carbons (Fsp3) is 0.208. The number of carbonyl (C=O) groups excluding carboxylic acids is 1. The Balaban J connectivity index is 1.42. The van der Waals surface area contributed by atoms with Crippen molar-refractivity contribution in [3.05, 3.63) is 75.7 Å². The zero-order valence-corrected chi connectivity index (χ0v) is 18.9. The molecular formula is C24H23N3O4S. The maximum Gasteiger partial charge on any atom is 0.336 e. The second-order valence-electron chi connectivity index (χ2n) is 7.47. The number of aromatic nitrogens is 2. The summed E-state index contributed by atoms with van der Waals surface area (Å²) in [5.74, 6) is 0.115. The minimum Gasteiger partial charge on any atom is -0.484 e. The minimum absolute atomic E-state index is 0.190. The van der Waals surface area contributed by atoms with Crippen LogP contribution in [0.15, 0.2) is 57.6 Å². The van der Waals surface area contributed by atoms with Gasteiger partial charge in [-0.15, -0.1) is 17.9 Å². The number of thiazole rings is 1. The van der Waals surface area contributed by atoms with Gasteiger partial charge >= 0.3 is 5.63 Å². The van der Waals surface area contributed by atoms with E-state index in [1.807, 2.05) is 32.2 Å². The maximum absolute atomic E-state index is 12.4. The third-order valence-electron chi connectivity index (χ3n) is 5.20. The molecule has 1 aromatic carbocycles. The fourth-order valence-electron chi connectivity index (χ4n) is 3.62. The average Bonchev–Trinajstić information content (AvgIpc) is 3.31. The highest BCUT2D eigenvalue weighted by Crippen LogP contribution is 2.30. The van der Waals surface area contributed by atoms with Crippen LogP contribution in [0.2, 0.25) is 0 Å². The Morgan fingerprint density at radius 1 is 1.28 bits per heavy atom. The van der Waals surface area contributed by atoms with Crippen LogP contribution in [-0.2, 0) is 11.3 Å². The summed E-state index contributed by atoms with van der Waals surface area (Å²) in [5, 5.41) is 6.02. The van der Waals surface area contributed by atoms with Crippen molar-refractivity contribution in [2.45, 2.75) is 27.3 Å².